The molecule has 1 amide bonds. The number of hydrogen-bond acceptors (Lipinski definition) is 5. The quantitative estimate of drug-likeness (QED) is 0.641. The molecule has 2 aromatic rings. The van der Waals surface area contributed by atoms with Crippen LogP contribution in [0.3, 0.4) is 0 Å². The van der Waals surface area contributed by atoms with Crippen LogP contribution in [0.5, 0.6) is 0 Å². The Kier molecular flexibility index (Phi) is 6.99. The highest BCUT2D eigenvalue weighted by molar-refractivity contribution is 7.10. The number of nitrogens with one attached hydrogen (secondary N) is 1. The number of aryl methyl sites for hydroxylation is 1. The van der Waals surface area contributed by atoms with E-state index >= 15 is 0 Å². The molecule has 0 fully saturated rings. The molecule has 2 unspecified atom stereocenters. The maximum Gasteiger partial charge on any atom is 0.249 e. The number of thiophene rings is 1. The molecule has 0 spiro atoms. The largest absolute Gasteiger partial charge is 0.386 e. The van der Waals surface area contributed by atoms with E-state index in [1.165, 1.54) is 22.6 Å². The Bertz CT molecular complexity index is 682. The standard InChI is InChI=1S/C19H27N3O2S/c1-13(4-5-14-6-8-16(9-7-14)22(2)3)21-11-17(23)18-10-15(12-25-18)19(20)24/h6-10,12-13,17,21,23H,4-5,11H2,1-3H3,(H2,20,24). The summed E-state index contributed by atoms with van der Waals surface area (Å²) in [4.78, 5) is 14.0. The normalized spacial score (nSPS) is 13.4. The van der Waals surface area contributed by atoms with Gasteiger partial charge in [-0.05, 0) is 43.5 Å². The minimum atomic E-state index is -0.625. The zero-order valence-corrected chi connectivity index (χ0v) is 15.8. The van der Waals surface area contributed by atoms with Crippen LogP contribution in [-0.2, 0) is 6.42 Å². The van der Waals surface area contributed by atoms with E-state index in [-0.39, 0.29) is 0 Å². The number of anilines is 1. The van der Waals surface area contributed by atoms with Crippen molar-refractivity contribution in [2.45, 2.75) is 31.9 Å². The van der Waals surface area contributed by atoms with Crippen LogP contribution in [0.2, 0.25) is 0 Å². The summed E-state index contributed by atoms with van der Waals surface area (Å²) in [5.41, 5.74) is 8.20. The van der Waals surface area contributed by atoms with Gasteiger partial charge in [-0.25, -0.2) is 0 Å². The van der Waals surface area contributed by atoms with Crippen molar-refractivity contribution in [1.82, 2.24) is 5.32 Å². The third-order valence-electron chi connectivity index (χ3n) is 4.21. The highest BCUT2D eigenvalue weighted by atomic mass is 32.1. The summed E-state index contributed by atoms with van der Waals surface area (Å²) in [5.74, 6) is -0.462. The third-order valence-corrected chi connectivity index (χ3v) is 5.24. The van der Waals surface area contributed by atoms with Gasteiger partial charge in [0.2, 0.25) is 5.91 Å². The summed E-state index contributed by atoms with van der Waals surface area (Å²) < 4.78 is 0. The molecule has 1 aromatic heterocycles. The van der Waals surface area contributed by atoms with E-state index in [1.807, 2.05) is 14.1 Å². The fourth-order valence-electron chi connectivity index (χ4n) is 2.52. The van der Waals surface area contributed by atoms with Gasteiger partial charge in [0, 0.05) is 42.6 Å². The van der Waals surface area contributed by atoms with Crippen LogP contribution in [0.25, 0.3) is 0 Å². The Morgan fingerprint density at radius 2 is 2.00 bits per heavy atom. The molecule has 0 saturated carbocycles. The molecule has 5 nitrogen and oxygen atoms in total. The lowest BCUT2D eigenvalue weighted by Crippen LogP contribution is -2.30. The number of rotatable bonds is 9. The average Bonchev–Trinajstić information content (AvgIpc) is 3.08. The Morgan fingerprint density at radius 1 is 1.32 bits per heavy atom. The Labute approximate surface area is 153 Å². The average molecular weight is 362 g/mol. The second-order valence-corrected chi connectivity index (χ2v) is 7.47. The van der Waals surface area contributed by atoms with Gasteiger partial charge in [-0.3, -0.25) is 4.79 Å². The summed E-state index contributed by atoms with van der Waals surface area (Å²) in [6.07, 6.45) is 1.35. The molecular formula is C19H27N3O2S. The van der Waals surface area contributed by atoms with Gasteiger partial charge in [0.25, 0.3) is 0 Å². The predicted octanol–water partition coefficient (Wildman–Crippen LogP) is 2.56. The van der Waals surface area contributed by atoms with Crippen LogP contribution in [0.15, 0.2) is 35.7 Å². The first-order valence-electron chi connectivity index (χ1n) is 8.42. The molecule has 1 aromatic carbocycles. The zero-order chi connectivity index (χ0) is 18.4. The van der Waals surface area contributed by atoms with Gasteiger partial charge in [0.05, 0.1) is 5.56 Å². The summed E-state index contributed by atoms with van der Waals surface area (Å²) in [6, 6.07) is 10.5. The number of carbonyl (C=O) groups is 1. The first-order chi connectivity index (χ1) is 11.9. The molecule has 6 heteroatoms. The molecule has 25 heavy (non-hydrogen) atoms. The number of nitrogens with zero attached hydrogens (tertiary/aromatic N) is 1. The molecule has 0 bridgehead atoms. The zero-order valence-electron chi connectivity index (χ0n) is 15.0. The molecule has 1 heterocycles. The van der Waals surface area contributed by atoms with E-state index in [0.717, 1.165) is 17.7 Å². The molecule has 0 radical (unpaired) electrons. The molecule has 2 atom stereocenters. The van der Waals surface area contributed by atoms with Gasteiger partial charge in [-0.1, -0.05) is 12.1 Å². The van der Waals surface area contributed by atoms with Crippen LogP contribution < -0.4 is 16.0 Å². The van der Waals surface area contributed by atoms with Crippen LogP contribution in [0, 0.1) is 0 Å². The van der Waals surface area contributed by atoms with Crippen LogP contribution >= 0.6 is 11.3 Å². The third kappa shape index (κ3) is 5.85. The van der Waals surface area contributed by atoms with Gasteiger partial charge in [-0.2, -0.15) is 0 Å². The van der Waals surface area contributed by atoms with Gasteiger partial charge < -0.3 is 21.1 Å². The summed E-state index contributed by atoms with van der Waals surface area (Å²) in [6.45, 7) is 2.57. The van der Waals surface area contributed by atoms with Crippen molar-refractivity contribution in [3.8, 4) is 0 Å². The van der Waals surface area contributed by atoms with Gasteiger partial charge >= 0.3 is 0 Å². The first-order valence-corrected chi connectivity index (χ1v) is 9.30. The van der Waals surface area contributed by atoms with Crippen molar-refractivity contribution in [3.05, 3.63) is 51.7 Å². The number of hydrogen-bond donors (Lipinski definition) is 3. The number of aliphatic hydroxyl groups is 1. The van der Waals surface area contributed by atoms with E-state index in [9.17, 15) is 9.90 Å². The number of primary amides is 1. The monoisotopic (exact) mass is 361 g/mol. The van der Waals surface area contributed by atoms with Crippen LogP contribution in [0.1, 0.15) is 40.2 Å². The van der Waals surface area contributed by atoms with E-state index in [2.05, 4.69) is 41.4 Å². The minimum absolute atomic E-state index is 0.291. The molecule has 4 N–H and O–H groups in total. The summed E-state index contributed by atoms with van der Waals surface area (Å²) in [5, 5.41) is 15.3. The number of amides is 1. The molecule has 136 valence electrons. The molecule has 0 aliphatic rings. The minimum Gasteiger partial charge on any atom is -0.386 e. The molecule has 2 rings (SSSR count). The number of aliphatic hydroxyl groups excluding tert-OH is 1. The Hall–Kier alpha value is -1.89. The van der Waals surface area contributed by atoms with E-state index in [1.54, 1.807) is 11.4 Å². The summed E-state index contributed by atoms with van der Waals surface area (Å²) in [7, 11) is 4.07. The highest BCUT2D eigenvalue weighted by Crippen LogP contribution is 2.22. The van der Waals surface area contributed by atoms with Crippen LogP contribution in [-0.4, -0.2) is 37.7 Å². The Balaban J connectivity index is 1.75. The predicted molar refractivity (Wildman–Crippen MR) is 104 cm³/mol. The van der Waals surface area contributed by atoms with E-state index in [0.29, 0.717) is 18.2 Å². The molecule has 0 aliphatic heterocycles. The topological polar surface area (TPSA) is 78.6 Å². The first kappa shape index (κ1) is 19.4. The highest BCUT2D eigenvalue weighted by Gasteiger charge is 2.13. The smallest absolute Gasteiger partial charge is 0.249 e. The summed E-state index contributed by atoms with van der Waals surface area (Å²) >= 11 is 1.36. The SMILES string of the molecule is CC(CCc1ccc(N(C)C)cc1)NCC(O)c1cc(C(N)=O)cs1. The van der Waals surface area contributed by atoms with Crippen molar-refractivity contribution >= 4 is 22.9 Å². The lowest BCUT2D eigenvalue weighted by Gasteiger charge is -2.17. The van der Waals surface area contributed by atoms with E-state index in [4.69, 9.17) is 5.73 Å². The number of carbonyl (C=O) groups excluding carboxylic acids is 1. The lowest BCUT2D eigenvalue weighted by atomic mass is 10.1. The maximum atomic E-state index is 11.1. The van der Waals surface area contributed by atoms with Gasteiger partial charge in [0.15, 0.2) is 0 Å². The van der Waals surface area contributed by atoms with Gasteiger partial charge in [-0.15, -0.1) is 11.3 Å². The molecule has 0 aliphatic carbocycles. The van der Waals surface area contributed by atoms with Crippen molar-refractivity contribution in [1.29, 1.82) is 0 Å². The Morgan fingerprint density at radius 3 is 2.56 bits per heavy atom. The van der Waals surface area contributed by atoms with Crippen LogP contribution in [0.4, 0.5) is 5.69 Å². The second-order valence-electron chi connectivity index (χ2n) is 6.53. The number of nitrogens with two attached hydrogens (primary N) is 1. The van der Waals surface area contributed by atoms with Gasteiger partial charge in [0.1, 0.15) is 6.10 Å². The fourth-order valence-corrected chi connectivity index (χ4v) is 3.40. The fraction of sp³-hybridized carbons (Fsp3) is 0.421. The second kappa shape index (κ2) is 8.99. The maximum absolute atomic E-state index is 11.1. The lowest BCUT2D eigenvalue weighted by molar-refractivity contribution is 0.100. The van der Waals surface area contributed by atoms with Crippen molar-refractivity contribution in [2.24, 2.45) is 5.73 Å². The molecule has 0 saturated heterocycles. The number of benzene rings is 1. The van der Waals surface area contributed by atoms with E-state index < -0.39 is 12.0 Å². The van der Waals surface area contributed by atoms with Crippen molar-refractivity contribution in [3.63, 3.8) is 0 Å². The van der Waals surface area contributed by atoms with Crippen molar-refractivity contribution in [2.75, 3.05) is 25.5 Å². The molecular weight excluding hydrogens is 334 g/mol. The van der Waals surface area contributed by atoms with Crippen molar-refractivity contribution < 1.29 is 9.90 Å².